The quantitative estimate of drug-likeness (QED) is 0.618. The lowest BCUT2D eigenvalue weighted by Gasteiger charge is -2.07. The number of thiophene rings is 1. The topological polar surface area (TPSA) is 63.6 Å². The molecule has 0 aliphatic carbocycles. The Morgan fingerprint density at radius 2 is 1.95 bits per heavy atom. The van der Waals surface area contributed by atoms with Crippen molar-refractivity contribution in [1.82, 2.24) is 19.9 Å². The first-order chi connectivity index (χ1) is 10.9. The van der Waals surface area contributed by atoms with Gasteiger partial charge in [0.15, 0.2) is 5.82 Å². The lowest BCUT2D eigenvalue weighted by Crippen LogP contribution is -2.03. The van der Waals surface area contributed by atoms with E-state index in [0.29, 0.717) is 12.4 Å². The van der Waals surface area contributed by atoms with Crippen molar-refractivity contribution in [2.75, 3.05) is 5.32 Å². The summed E-state index contributed by atoms with van der Waals surface area (Å²) in [5.41, 5.74) is 0.773. The van der Waals surface area contributed by atoms with Crippen molar-refractivity contribution in [3.05, 3.63) is 52.4 Å². The predicted molar refractivity (Wildman–Crippen MR) is 90.1 cm³/mol. The first-order valence-corrected chi connectivity index (χ1v) is 8.45. The van der Waals surface area contributed by atoms with Gasteiger partial charge in [-0.1, -0.05) is 6.07 Å². The molecule has 4 aromatic rings. The van der Waals surface area contributed by atoms with Crippen molar-refractivity contribution in [3.63, 3.8) is 0 Å². The lowest BCUT2D eigenvalue weighted by atomic mass is 10.3. The summed E-state index contributed by atoms with van der Waals surface area (Å²) >= 11 is 3.23. The van der Waals surface area contributed by atoms with Crippen molar-refractivity contribution >= 4 is 38.7 Å². The van der Waals surface area contributed by atoms with E-state index in [1.54, 1.807) is 35.1 Å². The molecule has 0 atom stereocenters. The summed E-state index contributed by atoms with van der Waals surface area (Å²) in [4.78, 5) is 18.8. The Balaban J connectivity index is 1.74. The van der Waals surface area contributed by atoms with Gasteiger partial charge in [0.2, 0.25) is 0 Å². The van der Waals surface area contributed by atoms with Crippen LogP contribution in [0.25, 0.3) is 21.7 Å². The molecule has 0 aliphatic heterocycles. The molecule has 0 radical (unpaired) electrons. The van der Waals surface area contributed by atoms with Crippen molar-refractivity contribution in [1.29, 1.82) is 0 Å². The van der Waals surface area contributed by atoms with E-state index in [0.717, 1.165) is 26.7 Å². The zero-order chi connectivity index (χ0) is 14.8. The van der Waals surface area contributed by atoms with Gasteiger partial charge < -0.3 is 5.32 Å². The van der Waals surface area contributed by atoms with E-state index in [1.165, 1.54) is 0 Å². The molecule has 108 valence electrons. The molecule has 4 aromatic heterocycles. The molecule has 4 rings (SSSR count). The summed E-state index contributed by atoms with van der Waals surface area (Å²) < 4.78 is 0. The van der Waals surface area contributed by atoms with Crippen molar-refractivity contribution in [3.8, 4) is 11.5 Å². The van der Waals surface area contributed by atoms with Crippen molar-refractivity contribution in [2.45, 2.75) is 6.54 Å². The first-order valence-electron chi connectivity index (χ1n) is 6.69. The molecule has 5 nitrogen and oxygen atoms in total. The molecule has 0 unspecified atom stereocenters. The van der Waals surface area contributed by atoms with Crippen LogP contribution in [-0.2, 0) is 6.54 Å². The Morgan fingerprint density at radius 1 is 0.955 bits per heavy atom. The summed E-state index contributed by atoms with van der Waals surface area (Å²) in [6.07, 6.45) is 3.56. The van der Waals surface area contributed by atoms with Crippen LogP contribution in [0.4, 0.5) is 5.82 Å². The summed E-state index contributed by atoms with van der Waals surface area (Å²) in [6.45, 7) is 0.654. The van der Waals surface area contributed by atoms with Crippen LogP contribution in [0.3, 0.4) is 0 Å². The third-order valence-corrected chi connectivity index (χ3v) is 4.70. The van der Waals surface area contributed by atoms with E-state index in [2.05, 4.69) is 25.3 Å². The Morgan fingerprint density at radius 3 is 2.77 bits per heavy atom. The van der Waals surface area contributed by atoms with Gasteiger partial charge in [-0.15, -0.1) is 22.7 Å². The maximum atomic E-state index is 4.64. The van der Waals surface area contributed by atoms with Crippen LogP contribution in [0.2, 0.25) is 0 Å². The number of nitrogens with one attached hydrogen (secondary N) is 1. The van der Waals surface area contributed by atoms with Crippen LogP contribution in [0.5, 0.6) is 0 Å². The Kier molecular flexibility index (Phi) is 3.49. The summed E-state index contributed by atoms with van der Waals surface area (Å²) in [6, 6.07) is 7.77. The molecule has 0 saturated heterocycles. The first kappa shape index (κ1) is 13.3. The van der Waals surface area contributed by atoms with Gasteiger partial charge in [0.1, 0.15) is 21.3 Å². The molecule has 0 aromatic carbocycles. The molecule has 4 heterocycles. The van der Waals surface area contributed by atoms with Crippen LogP contribution in [0.1, 0.15) is 5.01 Å². The fourth-order valence-corrected chi connectivity index (χ4v) is 3.42. The summed E-state index contributed by atoms with van der Waals surface area (Å²) in [7, 11) is 0. The van der Waals surface area contributed by atoms with Gasteiger partial charge in [0.05, 0.1) is 11.9 Å². The fourth-order valence-electron chi connectivity index (χ4n) is 2.10. The number of hydrogen-bond donors (Lipinski definition) is 1. The SMILES string of the molecule is c1ccc(-c2nc(NCc3nccs3)c3ccsc3n2)nc1. The molecule has 22 heavy (non-hydrogen) atoms. The Labute approximate surface area is 134 Å². The average molecular weight is 325 g/mol. The van der Waals surface area contributed by atoms with Gasteiger partial charge in [0, 0.05) is 17.8 Å². The number of fused-ring (bicyclic) bond motifs is 1. The molecule has 1 N–H and O–H groups in total. The van der Waals surface area contributed by atoms with Crippen LogP contribution in [-0.4, -0.2) is 19.9 Å². The monoisotopic (exact) mass is 325 g/mol. The highest BCUT2D eigenvalue weighted by Gasteiger charge is 2.11. The number of anilines is 1. The van der Waals surface area contributed by atoms with Gasteiger partial charge in [-0.2, -0.15) is 0 Å². The van der Waals surface area contributed by atoms with Gasteiger partial charge >= 0.3 is 0 Å². The highest BCUT2D eigenvalue weighted by Crippen LogP contribution is 2.28. The lowest BCUT2D eigenvalue weighted by molar-refractivity contribution is 1.07. The average Bonchev–Trinajstić information content (AvgIpc) is 3.24. The van der Waals surface area contributed by atoms with Crippen LogP contribution in [0.15, 0.2) is 47.4 Å². The van der Waals surface area contributed by atoms with E-state index in [1.807, 2.05) is 35.0 Å². The largest absolute Gasteiger partial charge is 0.363 e. The molecule has 0 bridgehead atoms. The van der Waals surface area contributed by atoms with Gasteiger partial charge in [0.25, 0.3) is 0 Å². The maximum Gasteiger partial charge on any atom is 0.181 e. The van der Waals surface area contributed by atoms with E-state index < -0.39 is 0 Å². The number of aromatic nitrogens is 4. The fraction of sp³-hybridized carbons (Fsp3) is 0.0667. The zero-order valence-corrected chi connectivity index (χ0v) is 13.1. The van der Waals surface area contributed by atoms with Crippen LogP contribution >= 0.6 is 22.7 Å². The molecular weight excluding hydrogens is 314 g/mol. The number of hydrogen-bond acceptors (Lipinski definition) is 7. The smallest absolute Gasteiger partial charge is 0.181 e. The third kappa shape index (κ3) is 2.56. The normalized spacial score (nSPS) is 10.9. The highest BCUT2D eigenvalue weighted by molar-refractivity contribution is 7.16. The van der Waals surface area contributed by atoms with E-state index in [9.17, 15) is 0 Å². The molecule has 0 fully saturated rings. The Hall–Kier alpha value is -2.38. The van der Waals surface area contributed by atoms with Gasteiger partial charge in [-0.3, -0.25) is 4.98 Å². The minimum atomic E-state index is 0.636. The second-order valence-electron chi connectivity index (χ2n) is 4.53. The molecule has 0 aliphatic rings. The van der Waals surface area contributed by atoms with Crippen molar-refractivity contribution in [2.24, 2.45) is 0 Å². The summed E-state index contributed by atoms with van der Waals surface area (Å²) in [5.74, 6) is 1.46. The van der Waals surface area contributed by atoms with Crippen LogP contribution in [0, 0.1) is 0 Å². The van der Waals surface area contributed by atoms with E-state index in [4.69, 9.17) is 0 Å². The summed E-state index contributed by atoms with van der Waals surface area (Å²) in [5, 5.41) is 9.41. The molecular formula is C15H11N5S2. The number of thiazole rings is 1. The number of rotatable bonds is 4. The molecule has 0 amide bonds. The minimum absolute atomic E-state index is 0.636. The molecule has 0 saturated carbocycles. The third-order valence-electron chi connectivity index (χ3n) is 3.11. The Bertz CT molecular complexity index is 887. The molecule has 0 spiro atoms. The maximum absolute atomic E-state index is 4.64. The number of pyridine rings is 1. The molecule has 7 heteroatoms. The van der Waals surface area contributed by atoms with Crippen LogP contribution < -0.4 is 5.32 Å². The van der Waals surface area contributed by atoms with Gasteiger partial charge in [-0.25, -0.2) is 15.0 Å². The highest BCUT2D eigenvalue weighted by atomic mass is 32.1. The second kappa shape index (κ2) is 5.78. The van der Waals surface area contributed by atoms with E-state index >= 15 is 0 Å². The number of nitrogens with zero attached hydrogens (tertiary/aromatic N) is 4. The van der Waals surface area contributed by atoms with Crippen molar-refractivity contribution < 1.29 is 0 Å². The standard InChI is InChI=1S/C15H11N5S2/c1-2-5-16-11(3-1)14-19-13(10-4-7-22-15(10)20-14)18-9-12-17-6-8-21-12/h1-8H,9H2,(H,18,19,20). The van der Waals surface area contributed by atoms with Gasteiger partial charge in [-0.05, 0) is 23.6 Å². The predicted octanol–water partition coefficient (Wildman–Crippen LogP) is 3.82. The minimum Gasteiger partial charge on any atom is -0.363 e. The second-order valence-corrected chi connectivity index (χ2v) is 6.40. The zero-order valence-electron chi connectivity index (χ0n) is 11.4. The van der Waals surface area contributed by atoms with E-state index in [-0.39, 0.29) is 0 Å².